The molecule has 1 aromatic rings. The van der Waals surface area contributed by atoms with E-state index in [0.717, 1.165) is 11.3 Å². The fraction of sp³-hybridized carbons (Fsp3) is 0.467. The van der Waals surface area contributed by atoms with Crippen LogP contribution in [0.5, 0.6) is 0 Å². The van der Waals surface area contributed by atoms with Crippen LogP contribution < -0.4 is 4.90 Å². The van der Waals surface area contributed by atoms with Gasteiger partial charge in [-0.05, 0) is 38.5 Å². The number of hydrogen-bond acceptors (Lipinski definition) is 3. The number of ether oxygens (including phenoxy) is 1. The second kappa shape index (κ2) is 5.44. The van der Waals surface area contributed by atoms with E-state index in [0.29, 0.717) is 18.0 Å². The number of hydrogen-bond donors (Lipinski definition) is 0. The van der Waals surface area contributed by atoms with Crippen LogP contribution >= 0.6 is 11.6 Å². The maximum absolute atomic E-state index is 12.0. The van der Waals surface area contributed by atoms with Gasteiger partial charge in [0.2, 0.25) is 5.91 Å². The average molecular weight is 296 g/mol. The highest BCUT2D eigenvalue weighted by atomic mass is 35.5. The summed E-state index contributed by atoms with van der Waals surface area (Å²) in [6.07, 6.45) is 0.537. The Morgan fingerprint density at radius 1 is 1.40 bits per heavy atom. The molecule has 0 fully saturated rings. The molecule has 1 aliphatic rings. The summed E-state index contributed by atoms with van der Waals surface area (Å²) in [5.41, 5.74) is 1.24. The van der Waals surface area contributed by atoms with Gasteiger partial charge in [-0.1, -0.05) is 17.7 Å². The van der Waals surface area contributed by atoms with Crippen molar-refractivity contribution in [1.82, 2.24) is 0 Å². The number of halogens is 1. The molecule has 2 rings (SSSR count). The Kier molecular flexibility index (Phi) is 4.04. The largest absolute Gasteiger partial charge is 0.460 e. The van der Waals surface area contributed by atoms with Gasteiger partial charge in [0, 0.05) is 17.3 Å². The minimum Gasteiger partial charge on any atom is -0.460 e. The first-order chi connectivity index (χ1) is 9.26. The number of anilines is 1. The van der Waals surface area contributed by atoms with Crippen LogP contribution in [0.4, 0.5) is 5.69 Å². The number of esters is 1. The molecule has 0 aromatic heterocycles. The number of amides is 1. The molecular formula is C15H18ClNO3. The lowest BCUT2D eigenvalue weighted by Gasteiger charge is -2.21. The van der Waals surface area contributed by atoms with Crippen molar-refractivity contribution in [3.63, 3.8) is 0 Å². The van der Waals surface area contributed by atoms with E-state index in [-0.39, 0.29) is 18.3 Å². The summed E-state index contributed by atoms with van der Waals surface area (Å²) < 4.78 is 5.24. The van der Waals surface area contributed by atoms with Gasteiger partial charge < -0.3 is 9.64 Å². The van der Waals surface area contributed by atoms with Gasteiger partial charge in [0.05, 0.1) is 12.8 Å². The number of carbonyl (C=O) groups excluding carboxylic acids is 2. The Hall–Kier alpha value is -1.55. The molecule has 0 bridgehead atoms. The summed E-state index contributed by atoms with van der Waals surface area (Å²) in [5, 5.41) is 0.584. The van der Waals surface area contributed by atoms with Crippen LogP contribution in [0.1, 0.15) is 32.8 Å². The van der Waals surface area contributed by atoms with E-state index in [1.54, 1.807) is 17.0 Å². The van der Waals surface area contributed by atoms with E-state index < -0.39 is 5.60 Å². The Morgan fingerprint density at radius 2 is 2.10 bits per heavy atom. The summed E-state index contributed by atoms with van der Waals surface area (Å²) in [6, 6.07) is 5.38. The van der Waals surface area contributed by atoms with Crippen molar-refractivity contribution in [2.45, 2.75) is 39.2 Å². The number of fused-ring (bicyclic) bond motifs is 1. The number of carbonyl (C=O) groups is 2. The predicted octanol–water partition coefficient (Wildman–Crippen LogP) is 2.96. The SMILES string of the molecule is CC(C)(C)OC(=O)CCN1C(=O)Cc2ccc(Cl)cc21. The molecule has 0 aliphatic carbocycles. The van der Waals surface area contributed by atoms with Crippen molar-refractivity contribution in [3.8, 4) is 0 Å². The second-order valence-electron chi connectivity index (χ2n) is 5.83. The zero-order valence-electron chi connectivity index (χ0n) is 11.9. The molecule has 1 aliphatic heterocycles. The number of nitrogens with zero attached hydrogens (tertiary/aromatic N) is 1. The second-order valence-corrected chi connectivity index (χ2v) is 6.27. The highest BCUT2D eigenvalue weighted by Crippen LogP contribution is 2.31. The van der Waals surface area contributed by atoms with Crippen LogP contribution in [0.25, 0.3) is 0 Å². The topological polar surface area (TPSA) is 46.6 Å². The lowest BCUT2D eigenvalue weighted by Crippen LogP contribution is -2.31. The van der Waals surface area contributed by atoms with Gasteiger partial charge in [-0.25, -0.2) is 0 Å². The standard InChI is InChI=1S/C15H18ClNO3/c1-15(2,3)20-14(19)6-7-17-12-9-11(16)5-4-10(12)8-13(17)18/h4-5,9H,6-8H2,1-3H3. The lowest BCUT2D eigenvalue weighted by atomic mass is 10.2. The molecule has 0 saturated heterocycles. The lowest BCUT2D eigenvalue weighted by molar-refractivity contribution is -0.154. The molecule has 5 heteroatoms. The van der Waals surface area contributed by atoms with Crippen molar-refractivity contribution in [2.75, 3.05) is 11.4 Å². The molecule has 0 unspecified atom stereocenters. The van der Waals surface area contributed by atoms with Crippen LogP contribution in [-0.2, 0) is 20.7 Å². The molecule has 20 heavy (non-hydrogen) atoms. The van der Waals surface area contributed by atoms with Crippen LogP contribution in [0.2, 0.25) is 5.02 Å². The first-order valence-electron chi connectivity index (χ1n) is 6.57. The first-order valence-corrected chi connectivity index (χ1v) is 6.95. The van der Waals surface area contributed by atoms with Gasteiger partial charge in [0.1, 0.15) is 5.60 Å². The summed E-state index contributed by atoms with van der Waals surface area (Å²) >= 11 is 5.96. The summed E-state index contributed by atoms with van der Waals surface area (Å²) in [6.45, 7) is 5.78. The molecule has 0 atom stereocenters. The van der Waals surface area contributed by atoms with Gasteiger partial charge in [0.15, 0.2) is 0 Å². The predicted molar refractivity (Wildman–Crippen MR) is 78.0 cm³/mol. The van der Waals surface area contributed by atoms with Crippen LogP contribution in [0.3, 0.4) is 0 Å². The number of rotatable bonds is 3. The number of benzene rings is 1. The summed E-state index contributed by atoms with van der Waals surface area (Å²) in [7, 11) is 0. The monoisotopic (exact) mass is 295 g/mol. The van der Waals surface area contributed by atoms with E-state index in [1.165, 1.54) is 0 Å². The molecule has 0 radical (unpaired) electrons. The third-order valence-corrected chi connectivity index (χ3v) is 3.18. The maximum atomic E-state index is 12.0. The van der Waals surface area contributed by atoms with Gasteiger partial charge in [-0.15, -0.1) is 0 Å². The van der Waals surface area contributed by atoms with Crippen molar-refractivity contribution >= 4 is 29.2 Å². The minimum atomic E-state index is -0.507. The molecule has 108 valence electrons. The van der Waals surface area contributed by atoms with E-state index in [9.17, 15) is 9.59 Å². The van der Waals surface area contributed by atoms with Crippen LogP contribution in [0.15, 0.2) is 18.2 Å². The summed E-state index contributed by atoms with van der Waals surface area (Å²) in [4.78, 5) is 25.3. The molecule has 1 heterocycles. The fourth-order valence-electron chi connectivity index (χ4n) is 2.17. The minimum absolute atomic E-state index is 0.00850. The first kappa shape index (κ1) is 14.9. The molecule has 1 aromatic carbocycles. The smallest absolute Gasteiger partial charge is 0.308 e. The molecule has 1 amide bonds. The average Bonchev–Trinajstić information content (AvgIpc) is 2.59. The van der Waals surface area contributed by atoms with Gasteiger partial charge in [-0.2, -0.15) is 0 Å². The van der Waals surface area contributed by atoms with Crippen LogP contribution in [-0.4, -0.2) is 24.0 Å². The molecule has 0 spiro atoms. The van der Waals surface area contributed by atoms with Crippen molar-refractivity contribution in [3.05, 3.63) is 28.8 Å². The molecule has 4 nitrogen and oxygen atoms in total. The van der Waals surface area contributed by atoms with Crippen molar-refractivity contribution < 1.29 is 14.3 Å². The zero-order chi connectivity index (χ0) is 14.9. The maximum Gasteiger partial charge on any atom is 0.308 e. The fourth-order valence-corrected chi connectivity index (χ4v) is 2.34. The van der Waals surface area contributed by atoms with Gasteiger partial charge in [0.25, 0.3) is 0 Å². The Bertz CT molecular complexity index is 549. The van der Waals surface area contributed by atoms with E-state index >= 15 is 0 Å². The Labute approximate surface area is 123 Å². The summed E-state index contributed by atoms with van der Waals surface area (Å²) in [5.74, 6) is -0.313. The molecule has 0 saturated carbocycles. The van der Waals surface area contributed by atoms with E-state index in [2.05, 4.69) is 0 Å². The third kappa shape index (κ3) is 3.51. The van der Waals surface area contributed by atoms with Gasteiger partial charge >= 0.3 is 5.97 Å². The van der Waals surface area contributed by atoms with Crippen molar-refractivity contribution in [2.24, 2.45) is 0 Å². The quantitative estimate of drug-likeness (QED) is 0.806. The zero-order valence-corrected chi connectivity index (χ0v) is 12.7. The Balaban J connectivity index is 2.03. The van der Waals surface area contributed by atoms with E-state index in [4.69, 9.17) is 16.3 Å². The molecule has 0 N–H and O–H groups in total. The highest BCUT2D eigenvalue weighted by molar-refractivity contribution is 6.31. The van der Waals surface area contributed by atoms with Crippen molar-refractivity contribution in [1.29, 1.82) is 0 Å². The van der Waals surface area contributed by atoms with Crippen LogP contribution in [0, 0.1) is 0 Å². The van der Waals surface area contributed by atoms with E-state index in [1.807, 2.05) is 26.8 Å². The highest BCUT2D eigenvalue weighted by Gasteiger charge is 2.28. The molecular weight excluding hydrogens is 278 g/mol. The Morgan fingerprint density at radius 3 is 2.75 bits per heavy atom. The normalized spacial score (nSPS) is 14.4. The van der Waals surface area contributed by atoms with Gasteiger partial charge in [-0.3, -0.25) is 9.59 Å². The third-order valence-electron chi connectivity index (χ3n) is 2.94.